The van der Waals surface area contributed by atoms with Crippen molar-refractivity contribution in [3.8, 4) is 11.3 Å². The maximum Gasteiger partial charge on any atom is 0.435 e. The zero-order chi connectivity index (χ0) is 16.9. The van der Waals surface area contributed by atoms with Gasteiger partial charge >= 0.3 is 12.1 Å². The van der Waals surface area contributed by atoms with Crippen LogP contribution in [-0.4, -0.2) is 20.5 Å². The molecule has 1 aromatic carbocycles. The van der Waals surface area contributed by atoms with E-state index in [4.69, 9.17) is 11.6 Å². The topological polar surface area (TPSA) is 54.6 Å². The van der Waals surface area contributed by atoms with Crippen molar-refractivity contribution in [1.29, 1.82) is 0 Å². The Kier molecular flexibility index (Phi) is 3.61. The fourth-order valence-electron chi connectivity index (χ4n) is 2.35. The van der Waals surface area contributed by atoms with Gasteiger partial charge in [0.15, 0.2) is 16.3 Å². The van der Waals surface area contributed by atoms with Gasteiger partial charge in [0.05, 0.1) is 5.69 Å². The molecule has 0 bridgehead atoms. The largest absolute Gasteiger partial charge is 0.476 e. The molecule has 3 rings (SSSR count). The third-order valence-corrected chi connectivity index (χ3v) is 4.44. The molecule has 2 aromatic heterocycles. The van der Waals surface area contributed by atoms with E-state index >= 15 is 0 Å². The van der Waals surface area contributed by atoms with E-state index in [-0.39, 0.29) is 4.96 Å². The summed E-state index contributed by atoms with van der Waals surface area (Å²) in [7, 11) is 0. The van der Waals surface area contributed by atoms with Gasteiger partial charge in [0.25, 0.3) is 0 Å². The number of alkyl halides is 3. The molecule has 0 spiro atoms. The van der Waals surface area contributed by atoms with Gasteiger partial charge in [0.1, 0.15) is 0 Å². The third-order valence-electron chi connectivity index (χ3n) is 3.24. The van der Waals surface area contributed by atoms with Crippen LogP contribution in [0.4, 0.5) is 13.2 Å². The normalized spacial score (nSPS) is 12.0. The molecule has 4 nitrogen and oxygen atoms in total. The third kappa shape index (κ3) is 2.57. The lowest BCUT2D eigenvalue weighted by molar-refractivity contribution is -0.141. The average Bonchev–Trinajstić information content (AvgIpc) is 2.94. The second kappa shape index (κ2) is 5.24. The van der Waals surface area contributed by atoms with Gasteiger partial charge in [-0.05, 0) is 24.6 Å². The number of hydrogen-bond donors (Lipinski definition) is 1. The second-order valence-corrected chi connectivity index (χ2v) is 6.36. The molecule has 0 atom stereocenters. The lowest BCUT2D eigenvalue weighted by Crippen LogP contribution is -2.14. The number of fused-ring (bicyclic) bond motifs is 1. The molecule has 23 heavy (non-hydrogen) atoms. The molecule has 0 radical (unpaired) electrons. The van der Waals surface area contributed by atoms with Gasteiger partial charge in [-0.2, -0.15) is 13.2 Å². The molecule has 2 heterocycles. The van der Waals surface area contributed by atoms with E-state index in [2.05, 4.69) is 4.98 Å². The van der Waals surface area contributed by atoms with Gasteiger partial charge in [-0.15, -0.1) is 11.3 Å². The van der Waals surface area contributed by atoms with E-state index in [1.807, 2.05) is 0 Å². The van der Waals surface area contributed by atoms with Crippen LogP contribution in [0.3, 0.4) is 0 Å². The molecule has 0 aliphatic carbocycles. The highest BCUT2D eigenvalue weighted by molar-refractivity contribution is 7.17. The van der Waals surface area contributed by atoms with Crippen LogP contribution in [0, 0.1) is 6.92 Å². The van der Waals surface area contributed by atoms with Crippen molar-refractivity contribution in [2.75, 3.05) is 0 Å². The fourth-order valence-corrected chi connectivity index (χ4v) is 3.47. The number of aromatic carboxylic acids is 1. The Balaban J connectivity index is 2.39. The van der Waals surface area contributed by atoms with E-state index in [1.54, 1.807) is 31.2 Å². The monoisotopic (exact) mass is 360 g/mol. The Labute approximate surface area is 136 Å². The summed E-state index contributed by atoms with van der Waals surface area (Å²) in [6.07, 6.45) is -4.84. The van der Waals surface area contributed by atoms with Crippen molar-refractivity contribution in [2.45, 2.75) is 13.1 Å². The first-order chi connectivity index (χ1) is 10.7. The van der Waals surface area contributed by atoms with Crippen molar-refractivity contribution in [1.82, 2.24) is 9.38 Å². The number of aromatic nitrogens is 2. The van der Waals surface area contributed by atoms with E-state index in [9.17, 15) is 23.1 Å². The number of aryl methyl sites for hydroxylation is 1. The first kappa shape index (κ1) is 15.8. The van der Waals surface area contributed by atoms with Crippen molar-refractivity contribution < 1.29 is 23.1 Å². The number of carboxylic acids is 1. The number of rotatable bonds is 2. The Morgan fingerprint density at radius 1 is 1.30 bits per heavy atom. The highest BCUT2D eigenvalue weighted by atomic mass is 35.5. The van der Waals surface area contributed by atoms with E-state index in [0.717, 1.165) is 15.7 Å². The minimum Gasteiger partial charge on any atom is -0.476 e. The quantitative estimate of drug-likeness (QED) is 0.718. The Bertz CT molecular complexity index is 913. The first-order valence-corrected chi connectivity index (χ1v) is 7.48. The number of thiazole rings is 1. The summed E-state index contributed by atoms with van der Waals surface area (Å²) < 4.78 is 40.2. The summed E-state index contributed by atoms with van der Waals surface area (Å²) >= 11 is 6.82. The van der Waals surface area contributed by atoms with Crippen LogP contribution in [0.2, 0.25) is 5.02 Å². The number of carbonyl (C=O) groups is 1. The fraction of sp³-hybridized carbons (Fsp3) is 0.143. The van der Waals surface area contributed by atoms with Gasteiger partial charge in [-0.1, -0.05) is 23.7 Å². The molecule has 0 amide bonds. The molecule has 0 aliphatic rings. The SMILES string of the molecule is Cc1sc2nc(C(F)(F)F)c(C(=O)O)n2c1-c1ccc(Cl)cc1. The molecule has 120 valence electrons. The number of carboxylic acid groups (broad SMARTS) is 1. The van der Waals surface area contributed by atoms with Gasteiger partial charge in [-0.25, -0.2) is 9.78 Å². The van der Waals surface area contributed by atoms with Crippen LogP contribution in [0.15, 0.2) is 24.3 Å². The minimum absolute atomic E-state index is 0.0165. The maximum absolute atomic E-state index is 13.1. The number of nitrogens with zero attached hydrogens (tertiary/aromatic N) is 2. The zero-order valence-corrected chi connectivity index (χ0v) is 13.1. The lowest BCUT2D eigenvalue weighted by atomic mass is 10.1. The molecule has 0 fully saturated rings. The zero-order valence-electron chi connectivity index (χ0n) is 11.5. The molecule has 9 heteroatoms. The summed E-state index contributed by atoms with van der Waals surface area (Å²) in [6, 6.07) is 6.41. The molecule has 0 unspecified atom stereocenters. The summed E-state index contributed by atoms with van der Waals surface area (Å²) in [5.41, 5.74) is -1.36. The molecule has 0 saturated heterocycles. The number of hydrogen-bond acceptors (Lipinski definition) is 3. The van der Waals surface area contributed by atoms with Crippen molar-refractivity contribution in [2.24, 2.45) is 0 Å². The maximum atomic E-state index is 13.1. The first-order valence-electron chi connectivity index (χ1n) is 6.28. The van der Waals surface area contributed by atoms with Crippen LogP contribution < -0.4 is 0 Å². The number of halogens is 4. The van der Waals surface area contributed by atoms with E-state index in [1.165, 1.54) is 0 Å². The molecular formula is C14H8ClF3N2O2S. The second-order valence-electron chi connectivity index (χ2n) is 4.74. The summed E-state index contributed by atoms with van der Waals surface area (Å²) in [5, 5.41) is 9.73. The van der Waals surface area contributed by atoms with Crippen molar-refractivity contribution in [3.05, 3.63) is 45.6 Å². The molecule has 0 aliphatic heterocycles. The number of benzene rings is 1. The Hall–Kier alpha value is -2.06. The van der Waals surface area contributed by atoms with Crippen LogP contribution >= 0.6 is 22.9 Å². The van der Waals surface area contributed by atoms with Crippen molar-refractivity contribution in [3.63, 3.8) is 0 Å². The number of imidazole rings is 1. The lowest BCUT2D eigenvalue weighted by Gasteiger charge is -2.07. The highest BCUT2D eigenvalue weighted by Gasteiger charge is 2.41. The molecule has 1 N–H and O–H groups in total. The van der Waals surface area contributed by atoms with Gasteiger partial charge in [0, 0.05) is 9.90 Å². The predicted octanol–water partition coefficient (Wildman–Crippen LogP) is 4.74. The summed E-state index contributed by atoms with van der Waals surface area (Å²) in [4.78, 5) is 15.5. The van der Waals surface area contributed by atoms with Gasteiger partial charge < -0.3 is 5.11 Å². The van der Waals surface area contributed by atoms with Gasteiger partial charge in [-0.3, -0.25) is 4.40 Å². The minimum atomic E-state index is -4.84. The highest BCUT2D eigenvalue weighted by Crippen LogP contribution is 2.38. The Morgan fingerprint density at radius 3 is 2.43 bits per heavy atom. The van der Waals surface area contributed by atoms with Crippen LogP contribution in [-0.2, 0) is 6.18 Å². The summed E-state index contributed by atoms with van der Waals surface area (Å²) in [6.45, 7) is 1.70. The van der Waals surface area contributed by atoms with E-state index < -0.39 is 23.5 Å². The molecule has 0 saturated carbocycles. The van der Waals surface area contributed by atoms with Crippen molar-refractivity contribution >= 4 is 33.9 Å². The van der Waals surface area contributed by atoms with Crippen LogP contribution in [0.5, 0.6) is 0 Å². The molecule has 3 aromatic rings. The molecular weight excluding hydrogens is 353 g/mol. The van der Waals surface area contributed by atoms with Crippen LogP contribution in [0.1, 0.15) is 21.1 Å². The van der Waals surface area contributed by atoms with E-state index in [0.29, 0.717) is 21.2 Å². The predicted molar refractivity (Wildman–Crippen MR) is 80.2 cm³/mol. The standard InChI is InChI=1S/C14H8ClF3N2O2S/c1-6-9(7-2-4-8(15)5-3-7)20-10(12(21)22)11(14(16,17)18)19-13(20)23-6/h2-5H,1H3,(H,21,22). The van der Waals surface area contributed by atoms with Crippen LogP contribution in [0.25, 0.3) is 16.2 Å². The van der Waals surface area contributed by atoms with Gasteiger partial charge in [0.2, 0.25) is 0 Å². The smallest absolute Gasteiger partial charge is 0.435 e. The summed E-state index contributed by atoms with van der Waals surface area (Å²) in [5.74, 6) is -1.68. The Morgan fingerprint density at radius 2 is 1.91 bits per heavy atom. The average molecular weight is 361 g/mol.